The first-order chi connectivity index (χ1) is 12.5. The molecule has 1 aromatic rings. The summed E-state index contributed by atoms with van der Waals surface area (Å²) in [6.07, 6.45) is 3.44. The molecular weight excluding hydrogens is 420 g/mol. The van der Waals surface area contributed by atoms with Gasteiger partial charge in [0, 0.05) is 43.7 Å². The first-order valence-electron chi connectivity index (χ1n) is 9.04. The number of carbonyl (C=O) groups excluding carboxylic acids is 2. The maximum atomic E-state index is 12.4. The molecule has 0 unspecified atom stereocenters. The number of carbonyl (C=O) groups is 2. The third-order valence-electron chi connectivity index (χ3n) is 4.90. The molecule has 0 spiro atoms. The molecule has 3 rings (SSSR count). The molecule has 2 aliphatic heterocycles. The molecule has 2 fully saturated rings. The van der Waals surface area contributed by atoms with Crippen LogP contribution in [0.1, 0.15) is 19.3 Å². The summed E-state index contributed by atoms with van der Waals surface area (Å²) in [7, 11) is 0. The monoisotopic (exact) mass is 442 g/mol. The Balaban J connectivity index is 1.45. The van der Waals surface area contributed by atoms with Gasteiger partial charge in [-0.15, -0.1) is 0 Å². The molecule has 1 N–H and O–H groups in total. The Bertz CT molecular complexity index is 659. The number of amides is 3. The van der Waals surface area contributed by atoms with Gasteiger partial charge in [0.2, 0.25) is 5.91 Å². The first-order valence-corrected chi connectivity index (χ1v) is 10.2. The summed E-state index contributed by atoms with van der Waals surface area (Å²) < 4.78 is 0.868. The van der Waals surface area contributed by atoms with Crippen molar-refractivity contribution in [3.63, 3.8) is 0 Å². The lowest BCUT2D eigenvalue weighted by Crippen LogP contribution is -2.52. The number of hydrogen-bond donors (Lipinski definition) is 1. The Morgan fingerprint density at radius 3 is 2.35 bits per heavy atom. The molecule has 6 nitrogen and oxygen atoms in total. The molecule has 0 aromatic heterocycles. The third-order valence-corrected chi connectivity index (χ3v) is 5.71. The fourth-order valence-electron chi connectivity index (χ4n) is 3.33. The smallest absolute Gasteiger partial charge is 0.321 e. The van der Waals surface area contributed by atoms with Crippen LogP contribution in [0, 0.1) is 0 Å². The number of piperazine rings is 1. The van der Waals surface area contributed by atoms with Gasteiger partial charge in [0.1, 0.15) is 0 Å². The molecule has 142 valence electrons. The van der Waals surface area contributed by atoms with Gasteiger partial charge in [-0.25, -0.2) is 4.79 Å². The molecule has 2 aliphatic rings. The maximum Gasteiger partial charge on any atom is 0.321 e. The number of likely N-dealkylation sites (tertiary alicyclic amines) is 1. The lowest BCUT2D eigenvalue weighted by Gasteiger charge is -2.36. The van der Waals surface area contributed by atoms with Crippen LogP contribution in [0.2, 0.25) is 5.02 Å². The zero-order chi connectivity index (χ0) is 18.5. The Labute approximate surface area is 167 Å². The molecule has 2 saturated heterocycles. The van der Waals surface area contributed by atoms with Gasteiger partial charge >= 0.3 is 6.03 Å². The molecule has 2 heterocycles. The number of urea groups is 1. The van der Waals surface area contributed by atoms with E-state index in [-0.39, 0.29) is 11.9 Å². The van der Waals surface area contributed by atoms with E-state index in [1.165, 1.54) is 6.42 Å². The van der Waals surface area contributed by atoms with Crippen LogP contribution in [0.15, 0.2) is 22.7 Å². The van der Waals surface area contributed by atoms with Gasteiger partial charge in [-0.3, -0.25) is 9.69 Å². The van der Waals surface area contributed by atoms with Crippen LogP contribution in [-0.2, 0) is 4.79 Å². The number of hydrogen-bond acceptors (Lipinski definition) is 3. The van der Waals surface area contributed by atoms with Crippen LogP contribution in [0.25, 0.3) is 0 Å². The molecule has 0 atom stereocenters. The summed E-state index contributed by atoms with van der Waals surface area (Å²) in [5, 5.41) is 3.35. The van der Waals surface area contributed by atoms with E-state index >= 15 is 0 Å². The standard InChI is InChI=1S/C18H24BrClN4O2/c19-14-4-5-16(15(20)12-14)21-18(26)24-10-8-22(9-11-24)13-17(25)23-6-2-1-3-7-23/h4-5,12H,1-3,6-11,13H2,(H,21,26). The van der Waals surface area contributed by atoms with E-state index in [2.05, 4.69) is 26.1 Å². The number of benzene rings is 1. The van der Waals surface area contributed by atoms with E-state index in [9.17, 15) is 9.59 Å². The van der Waals surface area contributed by atoms with Crippen molar-refractivity contribution in [3.05, 3.63) is 27.7 Å². The molecule has 26 heavy (non-hydrogen) atoms. The fourth-order valence-corrected chi connectivity index (χ4v) is 4.05. The van der Waals surface area contributed by atoms with Gasteiger partial charge in [0.15, 0.2) is 0 Å². The number of nitrogens with one attached hydrogen (secondary N) is 1. The van der Waals surface area contributed by atoms with Crippen LogP contribution >= 0.6 is 27.5 Å². The predicted octanol–water partition coefficient (Wildman–Crippen LogP) is 3.26. The number of nitrogens with zero attached hydrogens (tertiary/aromatic N) is 3. The second kappa shape index (κ2) is 9.06. The van der Waals surface area contributed by atoms with Crippen LogP contribution in [0.5, 0.6) is 0 Å². The van der Waals surface area contributed by atoms with Crippen molar-refractivity contribution < 1.29 is 9.59 Å². The quantitative estimate of drug-likeness (QED) is 0.780. The number of rotatable bonds is 3. The van der Waals surface area contributed by atoms with Crippen molar-refractivity contribution in [2.45, 2.75) is 19.3 Å². The maximum absolute atomic E-state index is 12.4. The van der Waals surface area contributed by atoms with Gasteiger partial charge < -0.3 is 15.1 Å². The summed E-state index contributed by atoms with van der Waals surface area (Å²) in [6, 6.07) is 5.21. The van der Waals surface area contributed by atoms with Gasteiger partial charge in [0.25, 0.3) is 0 Å². The minimum atomic E-state index is -0.156. The molecule has 0 saturated carbocycles. The van der Waals surface area contributed by atoms with E-state index in [0.717, 1.165) is 30.4 Å². The van der Waals surface area contributed by atoms with Crippen molar-refractivity contribution >= 4 is 45.2 Å². The van der Waals surface area contributed by atoms with Crippen molar-refractivity contribution in [1.82, 2.24) is 14.7 Å². The largest absolute Gasteiger partial charge is 0.342 e. The average molecular weight is 444 g/mol. The summed E-state index contributed by atoms with van der Waals surface area (Å²) in [5.74, 6) is 0.212. The van der Waals surface area contributed by atoms with Gasteiger partial charge in [-0.2, -0.15) is 0 Å². The molecule has 0 aliphatic carbocycles. The number of halogens is 2. The van der Waals surface area contributed by atoms with Crippen molar-refractivity contribution in [1.29, 1.82) is 0 Å². The minimum Gasteiger partial charge on any atom is -0.342 e. The van der Waals surface area contributed by atoms with E-state index in [1.807, 2.05) is 11.0 Å². The molecule has 3 amide bonds. The Morgan fingerprint density at radius 2 is 1.69 bits per heavy atom. The highest BCUT2D eigenvalue weighted by molar-refractivity contribution is 9.10. The fraction of sp³-hybridized carbons (Fsp3) is 0.556. The zero-order valence-electron chi connectivity index (χ0n) is 14.7. The lowest BCUT2D eigenvalue weighted by atomic mass is 10.1. The highest BCUT2D eigenvalue weighted by atomic mass is 79.9. The van der Waals surface area contributed by atoms with Crippen molar-refractivity contribution in [2.24, 2.45) is 0 Å². The summed E-state index contributed by atoms with van der Waals surface area (Å²) in [6.45, 7) is 4.85. The summed E-state index contributed by atoms with van der Waals surface area (Å²) >= 11 is 9.50. The van der Waals surface area contributed by atoms with Crippen LogP contribution < -0.4 is 5.32 Å². The van der Waals surface area contributed by atoms with Crippen LogP contribution in [-0.4, -0.2) is 72.5 Å². The van der Waals surface area contributed by atoms with Gasteiger partial charge in [-0.1, -0.05) is 27.5 Å². The van der Waals surface area contributed by atoms with Gasteiger partial charge in [-0.05, 0) is 37.5 Å². The number of anilines is 1. The van der Waals surface area contributed by atoms with E-state index in [1.54, 1.807) is 17.0 Å². The van der Waals surface area contributed by atoms with E-state index in [0.29, 0.717) is 43.4 Å². The Hall–Kier alpha value is -1.31. The number of piperidine rings is 1. The molecule has 0 bridgehead atoms. The SMILES string of the molecule is O=C(CN1CCN(C(=O)Nc2ccc(Br)cc2Cl)CC1)N1CCCCC1. The molecular formula is C18H24BrClN4O2. The second-order valence-corrected chi connectivity index (χ2v) is 8.08. The third kappa shape index (κ3) is 5.11. The normalized spacial score (nSPS) is 18.7. The van der Waals surface area contributed by atoms with E-state index < -0.39 is 0 Å². The Morgan fingerprint density at radius 1 is 1.00 bits per heavy atom. The lowest BCUT2D eigenvalue weighted by molar-refractivity contribution is -0.133. The summed E-state index contributed by atoms with van der Waals surface area (Å²) in [4.78, 5) is 30.7. The minimum absolute atomic E-state index is 0.156. The molecule has 8 heteroatoms. The first kappa shape index (κ1) is 19.5. The average Bonchev–Trinajstić information content (AvgIpc) is 2.65. The van der Waals surface area contributed by atoms with Crippen LogP contribution in [0.3, 0.4) is 0 Å². The molecule has 0 radical (unpaired) electrons. The zero-order valence-corrected chi connectivity index (χ0v) is 17.1. The van der Waals surface area contributed by atoms with Crippen molar-refractivity contribution in [3.8, 4) is 0 Å². The van der Waals surface area contributed by atoms with Gasteiger partial charge in [0.05, 0.1) is 17.3 Å². The second-order valence-electron chi connectivity index (χ2n) is 6.76. The van der Waals surface area contributed by atoms with E-state index in [4.69, 9.17) is 11.6 Å². The predicted molar refractivity (Wildman–Crippen MR) is 107 cm³/mol. The van der Waals surface area contributed by atoms with Crippen molar-refractivity contribution in [2.75, 3.05) is 51.1 Å². The highest BCUT2D eigenvalue weighted by Crippen LogP contribution is 2.26. The summed E-state index contributed by atoms with van der Waals surface area (Å²) in [5.41, 5.74) is 0.600. The topological polar surface area (TPSA) is 55.9 Å². The Kier molecular flexibility index (Phi) is 6.78. The van der Waals surface area contributed by atoms with Crippen LogP contribution in [0.4, 0.5) is 10.5 Å². The highest BCUT2D eigenvalue weighted by Gasteiger charge is 2.25. The molecule has 1 aromatic carbocycles.